The summed E-state index contributed by atoms with van der Waals surface area (Å²) in [6.45, 7) is 1.79. The van der Waals surface area contributed by atoms with Crippen LogP contribution in [-0.2, 0) is 9.59 Å². The van der Waals surface area contributed by atoms with Crippen molar-refractivity contribution in [1.29, 1.82) is 0 Å². The first kappa shape index (κ1) is 33.7. The Kier molecular flexibility index (Phi) is 11.2. The van der Waals surface area contributed by atoms with Crippen LogP contribution in [0.3, 0.4) is 0 Å². The van der Waals surface area contributed by atoms with Crippen LogP contribution in [0.15, 0.2) is 72.8 Å². The predicted octanol–water partition coefficient (Wildman–Crippen LogP) is 6.99. The molecule has 0 heterocycles. The van der Waals surface area contributed by atoms with E-state index in [2.05, 4.69) is 20.1 Å². The number of carbonyl (C=O) groups is 3. The number of halogens is 6. The summed E-state index contributed by atoms with van der Waals surface area (Å²) in [5.41, 5.74) is 1.35. The molecule has 3 aromatic carbocycles. The molecule has 0 aliphatic rings. The number of carboxylic acids is 1. The SMILES string of the molecule is CCC[C@H](c1ccc(C(=O)NCCC(=O)O)cc1)[C@@H](C(=O)Nc1ccc(OC(F)(F)F)cc1)c1ccc(OC(F)(F)F)cc1. The smallest absolute Gasteiger partial charge is 0.481 e. The van der Waals surface area contributed by atoms with Crippen LogP contribution >= 0.6 is 0 Å². The zero-order chi connectivity index (χ0) is 32.5. The fourth-order valence-electron chi connectivity index (χ4n) is 4.51. The minimum absolute atomic E-state index is 0.0754. The third-order valence-corrected chi connectivity index (χ3v) is 6.34. The van der Waals surface area contributed by atoms with E-state index >= 15 is 0 Å². The number of anilines is 1. The van der Waals surface area contributed by atoms with Crippen LogP contribution in [0.2, 0.25) is 0 Å². The number of hydrogen-bond donors (Lipinski definition) is 3. The first-order valence-corrected chi connectivity index (χ1v) is 13.3. The standard InChI is InChI=1S/C30H28F6N2O6/c1-2-3-24(18-4-6-20(7-5-18)27(41)37-17-16-25(39)40)26(19-8-12-22(13-9-19)43-29(31,32)33)28(42)38-21-10-14-23(15-11-21)44-30(34,35)36/h4-15,24,26H,2-3,16-17H2,1H3,(H,37,41)(H,38,42)(H,39,40)/t24-,26+/m1/s1. The van der Waals surface area contributed by atoms with E-state index in [1.807, 2.05) is 6.92 Å². The summed E-state index contributed by atoms with van der Waals surface area (Å²) in [5, 5.41) is 13.9. The van der Waals surface area contributed by atoms with Crippen molar-refractivity contribution in [1.82, 2.24) is 5.32 Å². The average molecular weight is 627 g/mol. The average Bonchev–Trinajstić information content (AvgIpc) is 2.93. The van der Waals surface area contributed by atoms with E-state index in [0.717, 1.165) is 24.3 Å². The van der Waals surface area contributed by atoms with E-state index in [-0.39, 0.29) is 24.2 Å². The quantitative estimate of drug-likeness (QED) is 0.176. The highest BCUT2D eigenvalue weighted by atomic mass is 19.4. The zero-order valence-corrected chi connectivity index (χ0v) is 23.2. The van der Waals surface area contributed by atoms with Crippen LogP contribution in [0.1, 0.15) is 59.5 Å². The van der Waals surface area contributed by atoms with Gasteiger partial charge in [-0.2, -0.15) is 0 Å². The topological polar surface area (TPSA) is 114 Å². The zero-order valence-electron chi connectivity index (χ0n) is 23.2. The van der Waals surface area contributed by atoms with Crippen molar-refractivity contribution >= 4 is 23.5 Å². The summed E-state index contributed by atoms with van der Waals surface area (Å²) in [7, 11) is 0. The lowest BCUT2D eigenvalue weighted by Gasteiger charge is -2.28. The molecule has 3 N–H and O–H groups in total. The Morgan fingerprint density at radius 1 is 0.773 bits per heavy atom. The van der Waals surface area contributed by atoms with Crippen molar-refractivity contribution in [3.8, 4) is 11.5 Å². The Morgan fingerprint density at radius 3 is 1.75 bits per heavy atom. The molecule has 0 unspecified atom stereocenters. The van der Waals surface area contributed by atoms with Crippen molar-refractivity contribution in [2.45, 2.75) is 50.7 Å². The van der Waals surface area contributed by atoms with Crippen LogP contribution in [0.5, 0.6) is 11.5 Å². The Balaban J connectivity index is 1.93. The molecule has 0 radical (unpaired) electrons. The molecule has 3 rings (SSSR count). The lowest BCUT2D eigenvalue weighted by atomic mass is 9.78. The van der Waals surface area contributed by atoms with E-state index < -0.39 is 53.8 Å². The van der Waals surface area contributed by atoms with Gasteiger partial charge in [0.2, 0.25) is 5.91 Å². The molecule has 0 aliphatic heterocycles. The molecule has 3 aromatic rings. The molecule has 236 valence electrons. The summed E-state index contributed by atoms with van der Waals surface area (Å²) < 4.78 is 83.6. The molecule has 2 atom stereocenters. The Bertz CT molecular complexity index is 1410. The van der Waals surface area contributed by atoms with Gasteiger partial charge in [-0.25, -0.2) is 0 Å². The highest BCUT2D eigenvalue weighted by Gasteiger charge is 2.34. The largest absolute Gasteiger partial charge is 0.573 e. The van der Waals surface area contributed by atoms with Gasteiger partial charge in [0.15, 0.2) is 0 Å². The van der Waals surface area contributed by atoms with Gasteiger partial charge in [-0.3, -0.25) is 14.4 Å². The van der Waals surface area contributed by atoms with Gasteiger partial charge in [0.25, 0.3) is 5.91 Å². The molecule has 2 amide bonds. The molecule has 0 aromatic heterocycles. The van der Waals surface area contributed by atoms with Crippen molar-refractivity contribution in [2.24, 2.45) is 0 Å². The molecule has 0 aliphatic carbocycles. The fraction of sp³-hybridized carbons (Fsp3) is 0.300. The second kappa shape index (κ2) is 14.6. The van der Waals surface area contributed by atoms with Crippen molar-refractivity contribution in [2.75, 3.05) is 11.9 Å². The molecule has 0 fully saturated rings. The Morgan fingerprint density at radius 2 is 1.27 bits per heavy atom. The van der Waals surface area contributed by atoms with Gasteiger partial charge >= 0.3 is 18.7 Å². The number of ether oxygens (including phenoxy) is 2. The van der Waals surface area contributed by atoms with E-state index in [4.69, 9.17) is 5.11 Å². The Hall–Kier alpha value is -4.75. The molecule has 0 saturated heterocycles. The van der Waals surface area contributed by atoms with Crippen LogP contribution in [0.25, 0.3) is 0 Å². The van der Waals surface area contributed by atoms with Crippen molar-refractivity contribution in [3.63, 3.8) is 0 Å². The number of amides is 2. The van der Waals surface area contributed by atoms with Crippen molar-refractivity contribution < 1.29 is 55.3 Å². The molecule has 8 nitrogen and oxygen atoms in total. The highest BCUT2D eigenvalue weighted by molar-refractivity contribution is 5.97. The van der Waals surface area contributed by atoms with E-state index in [1.165, 1.54) is 36.4 Å². The first-order valence-electron chi connectivity index (χ1n) is 13.3. The number of aliphatic carboxylic acids is 1. The number of hydrogen-bond acceptors (Lipinski definition) is 5. The molecule has 14 heteroatoms. The number of nitrogens with one attached hydrogen (secondary N) is 2. The lowest BCUT2D eigenvalue weighted by molar-refractivity contribution is -0.275. The van der Waals surface area contributed by atoms with Gasteiger partial charge in [0, 0.05) is 17.8 Å². The summed E-state index contributed by atoms with van der Waals surface area (Å²) in [5.74, 6) is -4.70. The lowest BCUT2D eigenvalue weighted by Crippen LogP contribution is -2.27. The van der Waals surface area contributed by atoms with Gasteiger partial charge in [0.05, 0.1) is 12.3 Å². The van der Waals surface area contributed by atoms with Crippen molar-refractivity contribution in [3.05, 3.63) is 89.5 Å². The molecule has 0 saturated carbocycles. The summed E-state index contributed by atoms with van der Waals surface area (Å²) in [4.78, 5) is 36.8. The summed E-state index contributed by atoms with van der Waals surface area (Å²) >= 11 is 0. The number of rotatable bonds is 13. The van der Waals surface area contributed by atoms with E-state index in [0.29, 0.717) is 24.0 Å². The third kappa shape index (κ3) is 10.5. The normalized spacial score (nSPS) is 13.0. The summed E-state index contributed by atoms with van der Waals surface area (Å²) in [6, 6.07) is 15.5. The number of carbonyl (C=O) groups excluding carboxylic acids is 2. The summed E-state index contributed by atoms with van der Waals surface area (Å²) in [6.07, 6.45) is -9.07. The number of alkyl halides is 6. The molecule has 0 bridgehead atoms. The Labute approximate surface area is 248 Å². The van der Waals surface area contributed by atoms with Gasteiger partial charge in [0.1, 0.15) is 11.5 Å². The second-order valence-electron chi connectivity index (χ2n) is 9.57. The monoisotopic (exact) mass is 626 g/mol. The predicted molar refractivity (Wildman–Crippen MR) is 146 cm³/mol. The molecular weight excluding hydrogens is 598 g/mol. The molecular formula is C30H28F6N2O6. The van der Waals surface area contributed by atoms with Crippen LogP contribution in [0.4, 0.5) is 32.0 Å². The second-order valence-corrected chi connectivity index (χ2v) is 9.57. The minimum Gasteiger partial charge on any atom is -0.481 e. The highest BCUT2D eigenvalue weighted by Crippen LogP contribution is 2.39. The van der Waals surface area contributed by atoms with E-state index in [9.17, 15) is 40.7 Å². The molecule has 0 spiro atoms. The van der Waals surface area contributed by atoms with Gasteiger partial charge < -0.3 is 25.2 Å². The van der Waals surface area contributed by atoms with Gasteiger partial charge in [-0.15, -0.1) is 26.3 Å². The third-order valence-electron chi connectivity index (χ3n) is 6.34. The maximum Gasteiger partial charge on any atom is 0.573 e. The van der Waals surface area contributed by atoms with Crippen LogP contribution in [-0.4, -0.2) is 42.2 Å². The van der Waals surface area contributed by atoms with Gasteiger partial charge in [-0.05, 0) is 72.0 Å². The fourth-order valence-corrected chi connectivity index (χ4v) is 4.51. The number of carboxylic acid groups (broad SMARTS) is 1. The minimum atomic E-state index is -4.92. The van der Waals surface area contributed by atoms with E-state index in [1.54, 1.807) is 12.1 Å². The maximum absolute atomic E-state index is 13.7. The molecule has 44 heavy (non-hydrogen) atoms. The first-order chi connectivity index (χ1) is 20.6. The number of benzene rings is 3. The maximum atomic E-state index is 13.7. The van der Waals surface area contributed by atoms with Gasteiger partial charge in [-0.1, -0.05) is 37.6 Å². The van der Waals surface area contributed by atoms with Crippen LogP contribution in [0, 0.1) is 0 Å². The van der Waals surface area contributed by atoms with Crippen LogP contribution < -0.4 is 20.1 Å².